The monoisotopic (exact) mass is 178 g/mol. The van der Waals surface area contributed by atoms with E-state index in [1.54, 1.807) is 0 Å². The molecule has 0 aliphatic carbocycles. The maximum Gasteiger partial charge on any atom is 0.0812 e. The highest BCUT2D eigenvalue weighted by Crippen LogP contribution is 2.23. The number of hydrogen-bond donors (Lipinski definition) is 0. The fraction of sp³-hybridized carbons (Fsp3) is 0. The highest BCUT2D eigenvalue weighted by atomic mass is 32.2. The third-order valence-electron chi connectivity index (χ3n) is 1.00. The Balaban J connectivity index is 2.80. The van der Waals surface area contributed by atoms with Gasteiger partial charge in [-0.1, -0.05) is 0 Å². The highest BCUT2D eigenvalue weighted by molar-refractivity contribution is 7.94. The van der Waals surface area contributed by atoms with Crippen molar-refractivity contribution in [1.82, 2.24) is 0 Å². The molecule has 0 heterocycles. The van der Waals surface area contributed by atoms with E-state index in [4.69, 9.17) is 0 Å². The minimum atomic E-state index is 0.156. The van der Waals surface area contributed by atoms with Crippen LogP contribution in [-0.4, -0.2) is 0 Å². The summed E-state index contributed by atoms with van der Waals surface area (Å²) in [5.41, 5.74) is 0. The number of hydrogen-bond acceptors (Lipinski definition) is 2. The smallest absolute Gasteiger partial charge is 0.0812 e. The van der Waals surface area contributed by atoms with E-state index in [1.807, 2.05) is 0 Å². The molecule has 0 saturated heterocycles. The summed E-state index contributed by atoms with van der Waals surface area (Å²) in [5.74, 6) is 0. The molecule has 0 aliphatic rings. The second-order valence-electron chi connectivity index (χ2n) is 1.63. The summed E-state index contributed by atoms with van der Waals surface area (Å²) in [6.45, 7) is 0. The van der Waals surface area contributed by atoms with Gasteiger partial charge in [0.1, 0.15) is 0 Å². The number of benzene rings is 1. The first kappa shape index (κ1) is 7.88. The van der Waals surface area contributed by atoms with Gasteiger partial charge >= 0.3 is 0 Å². The van der Waals surface area contributed by atoms with Crippen molar-refractivity contribution in [3.63, 3.8) is 0 Å². The maximum absolute atomic E-state index is 11.8. The minimum absolute atomic E-state index is 0.156. The third-order valence-corrected chi connectivity index (χ3v) is 1.90. The topological polar surface area (TPSA) is 0 Å². The third kappa shape index (κ3) is 1.88. The van der Waals surface area contributed by atoms with Crippen molar-refractivity contribution >= 4 is 24.3 Å². The molecule has 0 fully saturated rings. The van der Waals surface area contributed by atoms with Gasteiger partial charge in [0.2, 0.25) is 0 Å². The Bertz CT molecular complexity index is 174. The molecule has 1 aromatic carbocycles. The molecule has 0 aromatic heterocycles. The predicted molar refractivity (Wildman–Crippen MR) is 40.4 cm³/mol. The molecular formula is C6H4F2S2. The molecule has 10 heavy (non-hydrogen) atoms. The van der Waals surface area contributed by atoms with Crippen LogP contribution in [0.15, 0.2) is 34.1 Å². The van der Waals surface area contributed by atoms with E-state index in [-0.39, 0.29) is 24.3 Å². The first-order valence-corrected chi connectivity index (χ1v) is 3.97. The lowest BCUT2D eigenvalue weighted by Crippen LogP contribution is -1.67. The van der Waals surface area contributed by atoms with Gasteiger partial charge in [-0.05, 0) is 24.3 Å². The lowest BCUT2D eigenvalue weighted by atomic mass is 10.4. The van der Waals surface area contributed by atoms with Crippen molar-refractivity contribution in [2.24, 2.45) is 0 Å². The number of rotatable bonds is 2. The van der Waals surface area contributed by atoms with E-state index >= 15 is 0 Å². The van der Waals surface area contributed by atoms with Crippen LogP contribution in [0.4, 0.5) is 7.77 Å². The van der Waals surface area contributed by atoms with Crippen molar-refractivity contribution < 1.29 is 7.77 Å². The molecular weight excluding hydrogens is 174 g/mol. The predicted octanol–water partition coefficient (Wildman–Crippen LogP) is 3.64. The van der Waals surface area contributed by atoms with E-state index in [0.717, 1.165) is 0 Å². The molecule has 0 saturated carbocycles. The van der Waals surface area contributed by atoms with E-state index in [9.17, 15) is 7.77 Å². The van der Waals surface area contributed by atoms with E-state index in [0.29, 0.717) is 9.79 Å². The average Bonchev–Trinajstić information content (AvgIpc) is 2.05. The van der Waals surface area contributed by atoms with Crippen molar-refractivity contribution in [2.75, 3.05) is 0 Å². The molecule has 1 rings (SSSR count). The summed E-state index contributed by atoms with van der Waals surface area (Å²) in [6, 6.07) is 6.14. The van der Waals surface area contributed by atoms with Crippen LogP contribution in [-0.2, 0) is 0 Å². The zero-order chi connectivity index (χ0) is 7.40. The molecule has 0 spiro atoms. The van der Waals surface area contributed by atoms with Gasteiger partial charge in [0.25, 0.3) is 0 Å². The Labute approximate surface area is 66.6 Å². The van der Waals surface area contributed by atoms with Crippen LogP contribution >= 0.6 is 24.3 Å². The Kier molecular flexibility index (Phi) is 3.02. The van der Waals surface area contributed by atoms with E-state index in [2.05, 4.69) is 0 Å². The van der Waals surface area contributed by atoms with Crippen molar-refractivity contribution in [1.29, 1.82) is 0 Å². The normalized spacial score (nSPS) is 9.80. The van der Waals surface area contributed by atoms with Crippen LogP contribution in [0, 0.1) is 0 Å². The molecule has 0 unspecified atom stereocenters. The maximum atomic E-state index is 11.8. The summed E-state index contributed by atoms with van der Waals surface area (Å²) in [6.07, 6.45) is 0. The van der Waals surface area contributed by atoms with Gasteiger partial charge in [-0.25, -0.2) is 0 Å². The summed E-state index contributed by atoms with van der Waals surface area (Å²) in [4.78, 5) is 0.996. The molecule has 0 radical (unpaired) electrons. The quantitative estimate of drug-likeness (QED) is 0.678. The first-order valence-electron chi connectivity index (χ1n) is 2.54. The van der Waals surface area contributed by atoms with Gasteiger partial charge in [-0.15, -0.1) is 0 Å². The fourth-order valence-corrected chi connectivity index (χ4v) is 1.02. The Morgan fingerprint density at radius 1 is 0.800 bits per heavy atom. The Hall–Kier alpha value is -0.220. The molecule has 54 valence electrons. The molecule has 0 nitrogen and oxygen atoms in total. The second kappa shape index (κ2) is 3.83. The SMILES string of the molecule is FSc1ccc(SF)cc1. The summed E-state index contributed by atoms with van der Waals surface area (Å²) in [5, 5.41) is 0. The van der Waals surface area contributed by atoms with Gasteiger partial charge in [0.15, 0.2) is 0 Å². The van der Waals surface area contributed by atoms with Crippen LogP contribution in [0.5, 0.6) is 0 Å². The summed E-state index contributed by atoms with van der Waals surface area (Å²) in [7, 11) is 0. The van der Waals surface area contributed by atoms with Crippen molar-refractivity contribution in [3.8, 4) is 0 Å². The van der Waals surface area contributed by atoms with Gasteiger partial charge in [-0.3, -0.25) is 0 Å². The van der Waals surface area contributed by atoms with Crippen molar-refractivity contribution in [2.45, 2.75) is 9.79 Å². The lowest BCUT2D eigenvalue weighted by Gasteiger charge is -1.92. The first-order chi connectivity index (χ1) is 4.86. The Morgan fingerprint density at radius 2 is 1.10 bits per heavy atom. The highest BCUT2D eigenvalue weighted by Gasteiger charge is 1.93. The van der Waals surface area contributed by atoms with Gasteiger partial charge in [-0.2, -0.15) is 7.77 Å². The molecule has 0 bridgehead atoms. The van der Waals surface area contributed by atoms with E-state index in [1.165, 1.54) is 24.3 Å². The summed E-state index contributed by atoms with van der Waals surface area (Å²) >= 11 is 0.313. The number of halogens is 2. The van der Waals surface area contributed by atoms with Crippen LogP contribution in [0.1, 0.15) is 0 Å². The molecule has 0 N–H and O–H groups in total. The largest absolute Gasteiger partial charge is 0.160 e. The van der Waals surface area contributed by atoms with Crippen LogP contribution in [0.25, 0.3) is 0 Å². The van der Waals surface area contributed by atoms with Crippen LogP contribution in [0.2, 0.25) is 0 Å². The average molecular weight is 178 g/mol. The van der Waals surface area contributed by atoms with E-state index < -0.39 is 0 Å². The standard InChI is InChI=1S/C6H4F2S2/c7-9-5-1-2-6(10-8)4-3-5/h1-4H. The zero-order valence-corrected chi connectivity index (χ0v) is 6.51. The van der Waals surface area contributed by atoms with Crippen LogP contribution < -0.4 is 0 Å². The van der Waals surface area contributed by atoms with Crippen molar-refractivity contribution in [3.05, 3.63) is 24.3 Å². The van der Waals surface area contributed by atoms with Gasteiger partial charge in [0.05, 0.1) is 24.3 Å². The fourth-order valence-electron chi connectivity index (χ4n) is 0.543. The Morgan fingerprint density at radius 3 is 1.30 bits per heavy atom. The summed E-state index contributed by atoms with van der Waals surface area (Å²) < 4.78 is 23.6. The lowest BCUT2D eigenvalue weighted by molar-refractivity contribution is 0.928. The van der Waals surface area contributed by atoms with Gasteiger partial charge in [0, 0.05) is 9.79 Å². The molecule has 0 amide bonds. The minimum Gasteiger partial charge on any atom is -0.160 e. The van der Waals surface area contributed by atoms with Crippen LogP contribution in [0.3, 0.4) is 0 Å². The molecule has 0 aliphatic heterocycles. The zero-order valence-electron chi connectivity index (χ0n) is 4.88. The molecule has 4 heteroatoms. The second-order valence-corrected chi connectivity index (χ2v) is 2.88. The van der Waals surface area contributed by atoms with Gasteiger partial charge < -0.3 is 0 Å². The molecule has 1 aromatic rings. The molecule has 0 atom stereocenters.